The third-order valence-corrected chi connectivity index (χ3v) is 2.42. The van der Waals surface area contributed by atoms with E-state index in [0.717, 1.165) is 18.7 Å². The second-order valence-electron chi connectivity index (χ2n) is 4.10. The molecule has 1 heterocycles. The monoisotopic (exact) mass is 220 g/mol. The van der Waals surface area contributed by atoms with E-state index in [2.05, 4.69) is 42.1 Å². The molecular formula is C12H20N4. The molecule has 0 aliphatic rings. The average molecular weight is 220 g/mol. The molecule has 16 heavy (non-hydrogen) atoms. The van der Waals surface area contributed by atoms with Crippen LogP contribution < -0.4 is 5.32 Å². The number of nitrogens with zero attached hydrogens (tertiary/aromatic N) is 3. The molecule has 0 aliphatic carbocycles. The standard InChI is InChI=1S/C12H20N4/c1-5-7-11(6-2)13-8-12-14-9-15-16(12)10(3)4/h2,9-11,13H,5,7-8H2,1,3-4H3. The predicted octanol–water partition coefficient (Wildman–Crippen LogP) is 1.75. The lowest BCUT2D eigenvalue weighted by Gasteiger charge is -2.13. The van der Waals surface area contributed by atoms with E-state index in [9.17, 15) is 0 Å². The second-order valence-corrected chi connectivity index (χ2v) is 4.10. The lowest BCUT2D eigenvalue weighted by atomic mass is 10.2. The first kappa shape index (κ1) is 12.7. The van der Waals surface area contributed by atoms with Crippen LogP contribution in [0.3, 0.4) is 0 Å². The van der Waals surface area contributed by atoms with Gasteiger partial charge in [0, 0.05) is 6.04 Å². The fourth-order valence-electron chi connectivity index (χ4n) is 1.58. The third kappa shape index (κ3) is 3.35. The first-order valence-electron chi connectivity index (χ1n) is 5.76. The predicted molar refractivity (Wildman–Crippen MR) is 64.8 cm³/mol. The van der Waals surface area contributed by atoms with Crippen LogP contribution in [0.4, 0.5) is 0 Å². The SMILES string of the molecule is C#CC(CCC)NCc1ncnn1C(C)C. The minimum Gasteiger partial charge on any atom is -0.297 e. The van der Waals surface area contributed by atoms with Gasteiger partial charge in [-0.15, -0.1) is 6.42 Å². The van der Waals surface area contributed by atoms with Gasteiger partial charge in [0.2, 0.25) is 0 Å². The Morgan fingerprint density at radius 2 is 2.31 bits per heavy atom. The Labute approximate surface area is 97.5 Å². The molecule has 1 rings (SSSR count). The Bertz CT molecular complexity index is 348. The van der Waals surface area contributed by atoms with Crippen molar-refractivity contribution in [2.75, 3.05) is 0 Å². The maximum absolute atomic E-state index is 5.44. The molecule has 0 aliphatic heterocycles. The number of hydrogen-bond donors (Lipinski definition) is 1. The van der Waals surface area contributed by atoms with Gasteiger partial charge in [0.25, 0.3) is 0 Å². The summed E-state index contributed by atoms with van der Waals surface area (Å²) in [4.78, 5) is 4.22. The summed E-state index contributed by atoms with van der Waals surface area (Å²) in [5, 5.41) is 7.49. The van der Waals surface area contributed by atoms with Crippen LogP contribution >= 0.6 is 0 Å². The lowest BCUT2D eigenvalue weighted by molar-refractivity contribution is 0.474. The summed E-state index contributed by atoms with van der Waals surface area (Å²) in [6.07, 6.45) is 9.10. The van der Waals surface area contributed by atoms with Crippen LogP contribution in [0.25, 0.3) is 0 Å². The molecule has 1 aromatic rings. The number of nitrogens with one attached hydrogen (secondary N) is 1. The van der Waals surface area contributed by atoms with Gasteiger partial charge >= 0.3 is 0 Å². The van der Waals surface area contributed by atoms with Crippen molar-refractivity contribution in [3.05, 3.63) is 12.2 Å². The van der Waals surface area contributed by atoms with Crippen molar-refractivity contribution in [1.82, 2.24) is 20.1 Å². The molecule has 0 fully saturated rings. The zero-order valence-electron chi connectivity index (χ0n) is 10.3. The van der Waals surface area contributed by atoms with Gasteiger partial charge in [-0.25, -0.2) is 9.67 Å². The van der Waals surface area contributed by atoms with Crippen molar-refractivity contribution in [3.63, 3.8) is 0 Å². The van der Waals surface area contributed by atoms with E-state index in [1.54, 1.807) is 6.33 Å². The summed E-state index contributed by atoms with van der Waals surface area (Å²) in [6.45, 7) is 6.97. The van der Waals surface area contributed by atoms with Crippen LogP contribution in [0, 0.1) is 12.3 Å². The molecule has 0 bridgehead atoms. The molecule has 0 spiro atoms. The number of terminal acetylenes is 1. The minimum absolute atomic E-state index is 0.127. The first-order chi connectivity index (χ1) is 7.69. The zero-order valence-corrected chi connectivity index (χ0v) is 10.3. The highest BCUT2D eigenvalue weighted by atomic mass is 15.4. The second kappa shape index (κ2) is 6.29. The molecule has 0 amide bonds. The van der Waals surface area contributed by atoms with Gasteiger partial charge in [0.15, 0.2) is 0 Å². The van der Waals surface area contributed by atoms with E-state index >= 15 is 0 Å². The normalized spacial score (nSPS) is 12.7. The summed E-state index contributed by atoms with van der Waals surface area (Å²) >= 11 is 0. The number of aromatic nitrogens is 3. The molecule has 1 unspecified atom stereocenters. The van der Waals surface area contributed by atoms with Crippen molar-refractivity contribution in [1.29, 1.82) is 0 Å². The van der Waals surface area contributed by atoms with E-state index in [0.29, 0.717) is 12.6 Å². The molecule has 0 aromatic carbocycles. The fourth-order valence-corrected chi connectivity index (χ4v) is 1.58. The fraction of sp³-hybridized carbons (Fsp3) is 0.667. The zero-order chi connectivity index (χ0) is 12.0. The molecule has 0 saturated heterocycles. The Hall–Kier alpha value is -1.34. The topological polar surface area (TPSA) is 42.7 Å². The largest absolute Gasteiger partial charge is 0.297 e. The van der Waals surface area contributed by atoms with Gasteiger partial charge in [0.1, 0.15) is 12.2 Å². The molecule has 1 N–H and O–H groups in total. The molecule has 1 atom stereocenters. The first-order valence-corrected chi connectivity index (χ1v) is 5.76. The summed E-state index contributed by atoms with van der Waals surface area (Å²) < 4.78 is 1.91. The van der Waals surface area contributed by atoms with Gasteiger partial charge in [-0.3, -0.25) is 5.32 Å². The molecule has 1 aromatic heterocycles. The lowest BCUT2D eigenvalue weighted by Crippen LogP contribution is -2.28. The molecule has 0 saturated carbocycles. The Morgan fingerprint density at radius 3 is 2.88 bits per heavy atom. The quantitative estimate of drug-likeness (QED) is 0.743. The van der Waals surface area contributed by atoms with Crippen molar-refractivity contribution < 1.29 is 0 Å². The molecule has 4 heteroatoms. The molecule has 4 nitrogen and oxygen atoms in total. The molecular weight excluding hydrogens is 200 g/mol. The number of hydrogen-bond acceptors (Lipinski definition) is 3. The van der Waals surface area contributed by atoms with Gasteiger partial charge in [-0.2, -0.15) is 5.10 Å². The summed E-state index contributed by atoms with van der Waals surface area (Å²) in [5.41, 5.74) is 0. The van der Waals surface area contributed by atoms with Crippen molar-refractivity contribution in [3.8, 4) is 12.3 Å². The summed E-state index contributed by atoms with van der Waals surface area (Å²) in [5.74, 6) is 3.68. The van der Waals surface area contributed by atoms with Gasteiger partial charge in [0.05, 0.1) is 12.6 Å². The average Bonchev–Trinajstić information content (AvgIpc) is 2.72. The van der Waals surface area contributed by atoms with E-state index in [1.165, 1.54) is 0 Å². The third-order valence-electron chi connectivity index (χ3n) is 2.42. The highest BCUT2D eigenvalue weighted by Gasteiger charge is 2.09. The summed E-state index contributed by atoms with van der Waals surface area (Å²) in [7, 11) is 0. The highest BCUT2D eigenvalue weighted by Crippen LogP contribution is 2.05. The van der Waals surface area contributed by atoms with Crippen LogP contribution in [0.5, 0.6) is 0 Å². The smallest absolute Gasteiger partial charge is 0.141 e. The van der Waals surface area contributed by atoms with E-state index in [4.69, 9.17) is 6.42 Å². The van der Waals surface area contributed by atoms with Gasteiger partial charge in [-0.05, 0) is 20.3 Å². The molecule has 88 valence electrons. The Morgan fingerprint density at radius 1 is 1.56 bits per heavy atom. The van der Waals surface area contributed by atoms with E-state index in [-0.39, 0.29) is 6.04 Å². The van der Waals surface area contributed by atoms with Crippen LogP contribution in [0.1, 0.15) is 45.5 Å². The van der Waals surface area contributed by atoms with Crippen molar-refractivity contribution >= 4 is 0 Å². The van der Waals surface area contributed by atoms with Crippen LogP contribution in [-0.2, 0) is 6.54 Å². The van der Waals surface area contributed by atoms with E-state index < -0.39 is 0 Å². The maximum atomic E-state index is 5.44. The van der Waals surface area contributed by atoms with Crippen LogP contribution in [0.2, 0.25) is 0 Å². The summed E-state index contributed by atoms with van der Waals surface area (Å²) in [6, 6.07) is 0.456. The van der Waals surface area contributed by atoms with Crippen molar-refractivity contribution in [2.24, 2.45) is 0 Å². The minimum atomic E-state index is 0.127. The Kier molecular flexibility index (Phi) is 5.00. The van der Waals surface area contributed by atoms with Crippen LogP contribution in [-0.4, -0.2) is 20.8 Å². The van der Waals surface area contributed by atoms with Gasteiger partial charge in [-0.1, -0.05) is 19.3 Å². The molecule has 0 radical (unpaired) electrons. The Balaban J connectivity index is 2.54. The van der Waals surface area contributed by atoms with E-state index in [1.807, 2.05) is 4.68 Å². The highest BCUT2D eigenvalue weighted by molar-refractivity contribution is 4.99. The van der Waals surface area contributed by atoms with Crippen molar-refractivity contribution in [2.45, 2.75) is 52.2 Å². The van der Waals surface area contributed by atoms with Gasteiger partial charge < -0.3 is 0 Å². The maximum Gasteiger partial charge on any atom is 0.141 e. The van der Waals surface area contributed by atoms with Crippen LogP contribution in [0.15, 0.2) is 6.33 Å². The number of rotatable bonds is 6.